The van der Waals surface area contributed by atoms with Crippen LogP contribution in [0.5, 0.6) is 0 Å². The third kappa shape index (κ3) is 4.41. The molecule has 114 valence electrons. The second-order valence-corrected chi connectivity index (χ2v) is 6.30. The van der Waals surface area contributed by atoms with Crippen molar-refractivity contribution in [1.82, 2.24) is 9.80 Å². The van der Waals surface area contributed by atoms with E-state index in [2.05, 4.69) is 6.58 Å². The van der Waals surface area contributed by atoms with E-state index in [0.29, 0.717) is 26.2 Å². The Morgan fingerprint density at radius 2 is 2.38 bits per heavy atom. The van der Waals surface area contributed by atoms with Crippen molar-refractivity contribution in [3.05, 3.63) is 35.0 Å². The maximum absolute atomic E-state index is 12.4. The van der Waals surface area contributed by atoms with E-state index < -0.39 is 0 Å². The van der Waals surface area contributed by atoms with Gasteiger partial charge in [-0.15, -0.1) is 17.9 Å². The highest BCUT2D eigenvalue weighted by atomic mass is 32.1. The van der Waals surface area contributed by atoms with E-state index in [4.69, 9.17) is 5.73 Å². The predicted octanol–water partition coefficient (Wildman–Crippen LogP) is 1.07. The van der Waals surface area contributed by atoms with E-state index in [-0.39, 0.29) is 17.7 Å². The van der Waals surface area contributed by atoms with E-state index in [1.165, 1.54) is 0 Å². The van der Waals surface area contributed by atoms with Gasteiger partial charge in [-0.3, -0.25) is 14.5 Å². The molecular weight excluding hydrogens is 286 g/mol. The standard InChI is InChI=1S/C15H21N3O2S/c1-2-6-18(10-13-4-3-8-21-13)14(19)11-17-7-5-12(9-17)15(16)20/h2-4,8,12H,1,5-7,9-11H2,(H2,16,20). The molecule has 1 aliphatic rings. The third-order valence-electron chi connectivity index (χ3n) is 3.66. The van der Waals surface area contributed by atoms with Crippen LogP contribution in [-0.2, 0) is 16.1 Å². The molecule has 2 N–H and O–H groups in total. The fourth-order valence-electron chi connectivity index (χ4n) is 2.50. The molecule has 0 spiro atoms. The first-order chi connectivity index (χ1) is 10.1. The van der Waals surface area contributed by atoms with Gasteiger partial charge in [-0.2, -0.15) is 0 Å². The van der Waals surface area contributed by atoms with Crippen molar-refractivity contribution < 1.29 is 9.59 Å². The number of amides is 2. The van der Waals surface area contributed by atoms with E-state index in [1.54, 1.807) is 22.3 Å². The molecule has 1 aromatic heterocycles. The summed E-state index contributed by atoms with van der Waals surface area (Å²) in [7, 11) is 0. The van der Waals surface area contributed by atoms with Gasteiger partial charge in [0.15, 0.2) is 0 Å². The number of primary amides is 1. The molecule has 6 heteroatoms. The number of carbonyl (C=O) groups is 2. The first-order valence-electron chi connectivity index (χ1n) is 7.03. The number of nitrogens with zero attached hydrogens (tertiary/aromatic N) is 2. The van der Waals surface area contributed by atoms with Crippen LogP contribution in [0.1, 0.15) is 11.3 Å². The van der Waals surface area contributed by atoms with Crippen molar-refractivity contribution in [1.29, 1.82) is 0 Å². The van der Waals surface area contributed by atoms with Gasteiger partial charge in [0.1, 0.15) is 0 Å². The quantitative estimate of drug-likeness (QED) is 0.766. The SMILES string of the molecule is C=CCN(Cc1cccs1)C(=O)CN1CCC(C(N)=O)C1. The van der Waals surface area contributed by atoms with Gasteiger partial charge in [0.05, 0.1) is 19.0 Å². The molecule has 2 rings (SSSR count). The van der Waals surface area contributed by atoms with Gasteiger partial charge in [0.25, 0.3) is 0 Å². The van der Waals surface area contributed by atoms with Crippen LogP contribution in [0.3, 0.4) is 0 Å². The second kappa shape index (κ2) is 7.38. The fourth-order valence-corrected chi connectivity index (χ4v) is 3.22. The van der Waals surface area contributed by atoms with Crippen LogP contribution < -0.4 is 5.73 Å². The zero-order valence-corrected chi connectivity index (χ0v) is 12.8. The highest BCUT2D eigenvalue weighted by Crippen LogP contribution is 2.17. The lowest BCUT2D eigenvalue weighted by Crippen LogP contribution is -2.39. The maximum Gasteiger partial charge on any atom is 0.237 e. The van der Waals surface area contributed by atoms with E-state index in [1.807, 2.05) is 22.4 Å². The van der Waals surface area contributed by atoms with Gasteiger partial charge in [-0.25, -0.2) is 0 Å². The lowest BCUT2D eigenvalue weighted by molar-refractivity contribution is -0.132. The summed E-state index contributed by atoms with van der Waals surface area (Å²) in [5.41, 5.74) is 5.32. The molecule has 1 aromatic rings. The zero-order chi connectivity index (χ0) is 15.2. The van der Waals surface area contributed by atoms with Crippen LogP contribution in [0.25, 0.3) is 0 Å². The van der Waals surface area contributed by atoms with Crippen molar-refractivity contribution >= 4 is 23.2 Å². The van der Waals surface area contributed by atoms with Gasteiger partial charge in [0.2, 0.25) is 11.8 Å². The molecule has 0 saturated carbocycles. The molecule has 1 saturated heterocycles. The van der Waals surface area contributed by atoms with Crippen molar-refractivity contribution in [2.45, 2.75) is 13.0 Å². The van der Waals surface area contributed by atoms with Crippen LogP contribution in [0, 0.1) is 5.92 Å². The van der Waals surface area contributed by atoms with Gasteiger partial charge in [0, 0.05) is 18.0 Å². The summed E-state index contributed by atoms with van der Waals surface area (Å²) < 4.78 is 0. The summed E-state index contributed by atoms with van der Waals surface area (Å²) >= 11 is 1.64. The molecule has 1 atom stereocenters. The summed E-state index contributed by atoms with van der Waals surface area (Å²) in [6.45, 7) is 6.52. The maximum atomic E-state index is 12.4. The molecule has 21 heavy (non-hydrogen) atoms. The largest absolute Gasteiger partial charge is 0.369 e. The third-order valence-corrected chi connectivity index (χ3v) is 4.52. The average Bonchev–Trinajstić information content (AvgIpc) is 3.09. The highest BCUT2D eigenvalue weighted by Gasteiger charge is 2.28. The molecule has 1 fully saturated rings. The second-order valence-electron chi connectivity index (χ2n) is 5.27. The van der Waals surface area contributed by atoms with Crippen molar-refractivity contribution in [2.75, 3.05) is 26.2 Å². The van der Waals surface area contributed by atoms with Gasteiger partial charge in [-0.05, 0) is 24.4 Å². The Kier molecular flexibility index (Phi) is 5.52. The number of thiophene rings is 1. The summed E-state index contributed by atoms with van der Waals surface area (Å²) in [4.78, 5) is 28.5. The molecule has 1 unspecified atom stereocenters. The zero-order valence-electron chi connectivity index (χ0n) is 12.0. The molecule has 0 bridgehead atoms. The molecular formula is C15H21N3O2S. The van der Waals surface area contributed by atoms with E-state index in [9.17, 15) is 9.59 Å². The number of hydrogen-bond acceptors (Lipinski definition) is 4. The Balaban J connectivity index is 1.90. The normalized spacial score (nSPS) is 18.6. The lowest BCUT2D eigenvalue weighted by atomic mass is 10.1. The van der Waals surface area contributed by atoms with Crippen LogP contribution >= 0.6 is 11.3 Å². The Bertz CT molecular complexity index is 501. The van der Waals surface area contributed by atoms with Crippen molar-refractivity contribution in [2.24, 2.45) is 11.7 Å². The molecule has 0 aliphatic carbocycles. The molecule has 1 aliphatic heterocycles. The molecule has 2 amide bonds. The predicted molar refractivity (Wildman–Crippen MR) is 83.7 cm³/mol. The van der Waals surface area contributed by atoms with Crippen LogP contribution in [0.15, 0.2) is 30.2 Å². The van der Waals surface area contributed by atoms with Crippen molar-refractivity contribution in [3.63, 3.8) is 0 Å². The lowest BCUT2D eigenvalue weighted by Gasteiger charge is -2.24. The van der Waals surface area contributed by atoms with Gasteiger partial charge in [-0.1, -0.05) is 12.1 Å². The minimum Gasteiger partial charge on any atom is -0.369 e. The Labute approximate surface area is 129 Å². The molecule has 5 nitrogen and oxygen atoms in total. The van der Waals surface area contributed by atoms with E-state index in [0.717, 1.165) is 17.8 Å². The minimum absolute atomic E-state index is 0.0634. The minimum atomic E-state index is -0.272. The summed E-state index contributed by atoms with van der Waals surface area (Å²) in [6.07, 6.45) is 2.48. The Hall–Kier alpha value is -1.66. The number of hydrogen-bond donors (Lipinski definition) is 1. The first kappa shape index (κ1) is 15.7. The number of carbonyl (C=O) groups excluding carboxylic acids is 2. The van der Waals surface area contributed by atoms with Gasteiger partial charge < -0.3 is 10.6 Å². The number of rotatable bonds is 7. The van der Waals surface area contributed by atoms with Crippen LogP contribution in [0.2, 0.25) is 0 Å². The Morgan fingerprint density at radius 1 is 1.57 bits per heavy atom. The number of nitrogens with two attached hydrogens (primary N) is 1. The Morgan fingerprint density at radius 3 is 2.95 bits per heavy atom. The van der Waals surface area contributed by atoms with Crippen molar-refractivity contribution in [3.8, 4) is 0 Å². The highest BCUT2D eigenvalue weighted by molar-refractivity contribution is 7.09. The summed E-state index contributed by atoms with van der Waals surface area (Å²) in [5, 5.41) is 2.00. The van der Waals surface area contributed by atoms with E-state index >= 15 is 0 Å². The number of likely N-dealkylation sites (tertiary alicyclic amines) is 1. The molecule has 0 radical (unpaired) electrons. The smallest absolute Gasteiger partial charge is 0.237 e. The first-order valence-corrected chi connectivity index (χ1v) is 7.91. The van der Waals surface area contributed by atoms with Crippen LogP contribution in [0.4, 0.5) is 0 Å². The summed E-state index contributed by atoms with van der Waals surface area (Å²) in [6, 6.07) is 4.00. The monoisotopic (exact) mass is 307 g/mol. The topological polar surface area (TPSA) is 66.6 Å². The fraction of sp³-hybridized carbons (Fsp3) is 0.467. The summed E-state index contributed by atoms with van der Waals surface area (Å²) in [5.74, 6) is -0.331. The molecule has 2 heterocycles. The van der Waals surface area contributed by atoms with Gasteiger partial charge >= 0.3 is 0 Å². The molecule has 0 aromatic carbocycles. The van der Waals surface area contributed by atoms with Crippen LogP contribution in [-0.4, -0.2) is 47.8 Å². The average molecular weight is 307 g/mol.